The van der Waals surface area contributed by atoms with Crippen molar-refractivity contribution in [1.29, 1.82) is 0 Å². The second-order valence-electron chi connectivity index (χ2n) is 18.4. The van der Waals surface area contributed by atoms with Crippen LogP contribution in [0.15, 0.2) is 158 Å². The van der Waals surface area contributed by atoms with Crippen LogP contribution in [-0.4, -0.2) is 34.5 Å². The fraction of sp³-hybridized carbons (Fsp3) is 0.241. The highest BCUT2D eigenvalue weighted by Gasteiger charge is 2.54. The number of aromatic nitrogens is 7. The molecule has 7 heteroatoms. The Labute approximate surface area is 380 Å². The van der Waals surface area contributed by atoms with Gasteiger partial charge in [0.25, 0.3) is 0 Å². The summed E-state index contributed by atoms with van der Waals surface area (Å²) in [7, 11) is 0. The van der Waals surface area contributed by atoms with E-state index in [4.69, 9.17) is 29.9 Å². The summed E-state index contributed by atoms with van der Waals surface area (Å²) in [6, 6.07) is 55.3. The summed E-state index contributed by atoms with van der Waals surface area (Å²) in [5, 5.41) is 1.27. The maximum Gasteiger partial charge on any atom is 0.164 e. The highest BCUT2D eigenvalue weighted by Crippen LogP contribution is 2.61. The van der Waals surface area contributed by atoms with Crippen molar-refractivity contribution < 1.29 is 0 Å². The molecule has 6 aromatic carbocycles. The third kappa shape index (κ3) is 6.79. The van der Waals surface area contributed by atoms with E-state index in [-0.39, 0.29) is 5.54 Å². The first-order valence-electron chi connectivity index (χ1n) is 23.7. The summed E-state index contributed by atoms with van der Waals surface area (Å²) in [5.74, 6) is 5.14. The van der Waals surface area contributed by atoms with Crippen LogP contribution in [-0.2, 0) is 5.54 Å². The van der Waals surface area contributed by atoms with Gasteiger partial charge in [-0.25, -0.2) is 29.9 Å². The van der Waals surface area contributed by atoms with Gasteiger partial charge >= 0.3 is 0 Å². The number of benzene rings is 6. The van der Waals surface area contributed by atoms with E-state index in [0.717, 1.165) is 33.4 Å². The number of aryl methyl sites for hydroxylation is 1. The van der Waals surface area contributed by atoms with Crippen molar-refractivity contribution >= 4 is 10.9 Å². The van der Waals surface area contributed by atoms with Gasteiger partial charge in [0.05, 0.1) is 11.2 Å². The molecule has 2 saturated carbocycles. The molecule has 1 aliphatic heterocycles. The first kappa shape index (κ1) is 39.5. The van der Waals surface area contributed by atoms with Crippen LogP contribution in [0.5, 0.6) is 0 Å². The monoisotopic (exact) mass is 845 g/mol. The van der Waals surface area contributed by atoms with Gasteiger partial charge in [0.15, 0.2) is 34.9 Å². The molecule has 318 valence electrons. The molecule has 7 nitrogen and oxygen atoms in total. The maximum atomic E-state index is 5.25. The Kier molecular flexibility index (Phi) is 9.99. The Bertz CT molecular complexity index is 3040. The Morgan fingerprint density at radius 2 is 0.769 bits per heavy atom. The highest BCUT2D eigenvalue weighted by atomic mass is 15.1. The third-order valence-electron chi connectivity index (χ3n) is 14.7. The summed E-state index contributed by atoms with van der Waals surface area (Å²) in [5.41, 5.74) is 12.5. The van der Waals surface area contributed by atoms with Crippen molar-refractivity contribution in [3.05, 3.63) is 169 Å². The molecule has 12 rings (SSSR count). The standard InChI is InChI=1S/C58H51N7/c1-38-48-36-43(56-61-52(39-20-8-2-9-21-39)59-53(62-56)40-22-10-3-11-23-40)33-35-50(48)65-51(38)47-34-32-44(37-49(47)58(65,45-28-16-6-17-29-45)46-30-18-7-19-31-46)57-63-54(41-24-12-4-13-25-41)60-55(64-57)42-26-14-5-15-27-42/h2-5,8-15,20-27,32-37,45-46H,6-7,16-19,28-31H2,1H3. The van der Waals surface area contributed by atoms with E-state index >= 15 is 0 Å². The van der Waals surface area contributed by atoms with Gasteiger partial charge in [0.2, 0.25) is 0 Å². The third-order valence-corrected chi connectivity index (χ3v) is 14.7. The molecule has 4 heterocycles. The smallest absolute Gasteiger partial charge is 0.164 e. The number of fused-ring (bicyclic) bond motifs is 5. The molecule has 2 fully saturated rings. The van der Waals surface area contributed by atoms with Gasteiger partial charge in [-0.1, -0.05) is 172 Å². The Morgan fingerprint density at radius 1 is 0.400 bits per heavy atom. The predicted octanol–water partition coefficient (Wildman–Crippen LogP) is 14.2. The fourth-order valence-electron chi connectivity index (χ4n) is 11.7. The minimum Gasteiger partial charge on any atom is -0.329 e. The number of nitrogens with zero attached hydrogens (tertiary/aromatic N) is 7. The van der Waals surface area contributed by atoms with Crippen LogP contribution < -0.4 is 0 Å². The van der Waals surface area contributed by atoms with Crippen LogP contribution in [0.2, 0.25) is 0 Å². The molecule has 3 aliphatic rings. The summed E-state index contributed by atoms with van der Waals surface area (Å²) in [6.45, 7) is 2.34. The lowest BCUT2D eigenvalue weighted by atomic mass is 9.61. The summed E-state index contributed by atoms with van der Waals surface area (Å²) in [6.07, 6.45) is 12.6. The van der Waals surface area contributed by atoms with Gasteiger partial charge in [-0.15, -0.1) is 0 Å². The van der Waals surface area contributed by atoms with Crippen molar-refractivity contribution in [1.82, 2.24) is 34.5 Å². The first-order valence-corrected chi connectivity index (χ1v) is 23.7. The van der Waals surface area contributed by atoms with Crippen molar-refractivity contribution in [3.8, 4) is 79.6 Å². The van der Waals surface area contributed by atoms with Crippen LogP contribution in [0.4, 0.5) is 0 Å². The van der Waals surface area contributed by atoms with Crippen molar-refractivity contribution in [2.45, 2.75) is 76.7 Å². The van der Waals surface area contributed by atoms with E-state index < -0.39 is 0 Å². The Morgan fingerprint density at radius 3 is 1.18 bits per heavy atom. The molecule has 0 saturated heterocycles. The molecule has 0 N–H and O–H groups in total. The Hall–Kier alpha value is -7.12. The van der Waals surface area contributed by atoms with E-state index in [2.05, 4.69) is 121 Å². The van der Waals surface area contributed by atoms with Gasteiger partial charge < -0.3 is 4.57 Å². The van der Waals surface area contributed by atoms with E-state index in [1.165, 1.54) is 97.5 Å². The predicted molar refractivity (Wildman–Crippen MR) is 262 cm³/mol. The van der Waals surface area contributed by atoms with Crippen LogP contribution in [0.3, 0.4) is 0 Å². The highest BCUT2D eigenvalue weighted by molar-refractivity contribution is 5.97. The summed E-state index contributed by atoms with van der Waals surface area (Å²) in [4.78, 5) is 30.8. The van der Waals surface area contributed by atoms with Gasteiger partial charge in [-0.3, -0.25) is 0 Å². The SMILES string of the molecule is Cc1c2n(c3ccc(-c4nc(-c5ccccc5)nc(-c5ccccc5)n4)cc13)C(C1CCCCC1)(C1CCCCC1)c1cc(-c3nc(-c4ccccc4)nc(-c4ccccc4)n3)ccc1-2. The lowest BCUT2D eigenvalue weighted by Gasteiger charge is -2.49. The molecular formula is C58H51N7. The molecular weight excluding hydrogens is 795 g/mol. The molecule has 0 amide bonds. The normalized spacial score (nSPS) is 16.1. The van der Waals surface area contributed by atoms with Gasteiger partial charge in [-0.2, -0.15) is 0 Å². The molecule has 3 aromatic heterocycles. The molecule has 0 bridgehead atoms. The van der Waals surface area contributed by atoms with E-state index in [9.17, 15) is 0 Å². The Balaban J connectivity index is 1.07. The topological polar surface area (TPSA) is 82.3 Å². The first-order chi connectivity index (χ1) is 32.1. The zero-order valence-corrected chi connectivity index (χ0v) is 36.9. The second kappa shape index (κ2) is 16.5. The average molecular weight is 846 g/mol. The maximum absolute atomic E-state index is 5.25. The number of rotatable bonds is 8. The second-order valence-corrected chi connectivity index (χ2v) is 18.4. The molecule has 0 radical (unpaired) electrons. The fourth-order valence-corrected chi connectivity index (χ4v) is 11.7. The van der Waals surface area contributed by atoms with Crippen LogP contribution in [0.1, 0.15) is 75.3 Å². The van der Waals surface area contributed by atoms with Crippen molar-refractivity contribution in [2.24, 2.45) is 11.8 Å². The van der Waals surface area contributed by atoms with Gasteiger partial charge in [-0.05, 0) is 79.8 Å². The van der Waals surface area contributed by atoms with Crippen LogP contribution >= 0.6 is 0 Å². The average Bonchev–Trinajstić information content (AvgIpc) is 3.86. The molecule has 0 spiro atoms. The van der Waals surface area contributed by atoms with E-state index in [1.807, 2.05) is 48.5 Å². The van der Waals surface area contributed by atoms with Gasteiger partial charge in [0, 0.05) is 49.8 Å². The largest absolute Gasteiger partial charge is 0.329 e. The zero-order valence-electron chi connectivity index (χ0n) is 36.9. The van der Waals surface area contributed by atoms with Crippen molar-refractivity contribution in [3.63, 3.8) is 0 Å². The van der Waals surface area contributed by atoms with Crippen LogP contribution in [0, 0.1) is 18.8 Å². The summed E-state index contributed by atoms with van der Waals surface area (Å²) >= 11 is 0. The molecule has 65 heavy (non-hydrogen) atoms. The lowest BCUT2D eigenvalue weighted by molar-refractivity contribution is 0.0817. The number of hydrogen-bond acceptors (Lipinski definition) is 6. The lowest BCUT2D eigenvalue weighted by Crippen LogP contribution is -2.48. The summed E-state index contributed by atoms with van der Waals surface area (Å²) < 4.78 is 2.86. The van der Waals surface area contributed by atoms with Crippen molar-refractivity contribution in [2.75, 3.05) is 0 Å². The molecule has 2 aliphatic carbocycles. The van der Waals surface area contributed by atoms with E-state index in [0.29, 0.717) is 46.8 Å². The quantitative estimate of drug-likeness (QED) is 0.151. The van der Waals surface area contributed by atoms with Gasteiger partial charge in [0.1, 0.15) is 0 Å². The zero-order chi connectivity index (χ0) is 43.3. The molecule has 9 aromatic rings. The van der Waals surface area contributed by atoms with E-state index in [1.54, 1.807) is 0 Å². The number of hydrogen-bond donors (Lipinski definition) is 0. The minimum absolute atomic E-state index is 0.207. The molecule has 0 unspecified atom stereocenters. The minimum atomic E-state index is -0.207. The molecule has 0 atom stereocenters. The van der Waals surface area contributed by atoms with Crippen LogP contribution in [0.25, 0.3) is 90.5 Å².